The third kappa shape index (κ3) is 4.03. The molecule has 1 N–H and O–H groups in total. The number of hydrogen-bond acceptors (Lipinski definition) is 4. The van der Waals surface area contributed by atoms with Gasteiger partial charge in [-0.25, -0.2) is 0 Å². The van der Waals surface area contributed by atoms with Crippen LogP contribution in [0.4, 0.5) is 5.69 Å². The summed E-state index contributed by atoms with van der Waals surface area (Å²) in [6.07, 6.45) is 0. The lowest BCUT2D eigenvalue weighted by molar-refractivity contribution is -0.128. The fourth-order valence-corrected chi connectivity index (χ4v) is 3.07. The van der Waals surface area contributed by atoms with Crippen molar-refractivity contribution in [1.82, 2.24) is 15.0 Å². The molecule has 1 aromatic heterocycles. The number of carbonyl (C=O) groups excluding carboxylic acids is 1. The molecule has 0 aliphatic carbocycles. The maximum Gasteiger partial charge on any atom is 0.267 e. The quantitative estimate of drug-likeness (QED) is 0.521. The predicted octanol–water partition coefficient (Wildman–Crippen LogP) is 4.83. The molecule has 0 unspecified atom stereocenters. The fraction of sp³-hybridized carbons (Fsp3) is 0.208. The molecule has 0 saturated heterocycles. The molecule has 3 aromatic carbocycles. The first-order chi connectivity index (χ1) is 14.3. The lowest BCUT2D eigenvalue weighted by Gasteiger charge is -2.25. The van der Waals surface area contributed by atoms with Crippen molar-refractivity contribution in [3.63, 3.8) is 0 Å². The number of ether oxygens (including phenoxy) is 1. The van der Waals surface area contributed by atoms with Gasteiger partial charge in [0.15, 0.2) is 5.60 Å². The number of rotatable bonds is 5. The van der Waals surface area contributed by atoms with Crippen LogP contribution in [0.2, 0.25) is 0 Å². The zero-order chi connectivity index (χ0) is 21.3. The highest BCUT2D eigenvalue weighted by Gasteiger charge is 2.30. The van der Waals surface area contributed by atoms with E-state index in [0.29, 0.717) is 17.0 Å². The minimum Gasteiger partial charge on any atom is -0.478 e. The number of fused-ring (bicyclic) bond motifs is 1. The zero-order valence-corrected chi connectivity index (χ0v) is 17.5. The van der Waals surface area contributed by atoms with Crippen LogP contribution >= 0.6 is 0 Å². The van der Waals surface area contributed by atoms with E-state index in [2.05, 4.69) is 41.5 Å². The predicted molar refractivity (Wildman–Crippen MR) is 118 cm³/mol. The maximum absolute atomic E-state index is 12.8. The molecule has 0 aliphatic rings. The van der Waals surface area contributed by atoms with Crippen molar-refractivity contribution < 1.29 is 9.53 Å². The van der Waals surface area contributed by atoms with Crippen LogP contribution in [-0.4, -0.2) is 26.5 Å². The summed E-state index contributed by atoms with van der Waals surface area (Å²) in [6.45, 7) is 7.62. The van der Waals surface area contributed by atoms with Gasteiger partial charge < -0.3 is 10.1 Å². The van der Waals surface area contributed by atoms with E-state index in [1.54, 1.807) is 18.6 Å². The molecule has 30 heavy (non-hydrogen) atoms. The molecule has 0 saturated carbocycles. The molecule has 1 heterocycles. The topological polar surface area (TPSA) is 69.0 Å². The summed E-state index contributed by atoms with van der Waals surface area (Å²) in [5.41, 5.74) is 4.37. The first kappa shape index (κ1) is 19.6. The van der Waals surface area contributed by atoms with E-state index in [4.69, 9.17) is 4.74 Å². The Bertz CT molecular complexity index is 1210. The smallest absolute Gasteiger partial charge is 0.267 e. The second kappa shape index (κ2) is 7.63. The number of aryl methyl sites for hydroxylation is 2. The molecule has 152 valence electrons. The summed E-state index contributed by atoms with van der Waals surface area (Å²) in [7, 11) is 0. The number of anilines is 1. The molecule has 0 radical (unpaired) electrons. The molecular weight excluding hydrogens is 376 g/mol. The standard InChI is InChI=1S/C24H24N4O2/c1-16-10-12-19(14-17(16)2)28-26-21-13-11-18(15-22(21)27-28)25-23(29)24(3,4)30-20-8-6-5-7-9-20/h5-15H,1-4H3,(H,25,29). The molecular formula is C24H24N4O2. The van der Waals surface area contributed by atoms with Crippen molar-refractivity contribution in [2.75, 3.05) is 5.32 Å². The van der Waals surface area contributed by atoms with Gasteiger partial charge in [0, 0.05) is 5.69 Å². The first-order valence-corrected chi connectivity index (χ1v) is 9.82. The number of nitrogens with zero attached hydrogens (tertiary/aromatic N) is 3. The van der Waals surface area contributed by atoms with Gasteiger partial charge in [0.2, 0.25) is 0 Å². The highest BCUT2D eigenvalue weighted by atomic mass is 16.5. The van der Waals surface area contributed by atoms with E-state index >= 15 is 0 Å². The Balaban J connectivity index is 1.54. The largest absolute Gasteiger partial charge is 0.478 e. The van der Waals surface area contributed by atoms with Crippen molar-refractivity contribution >= 4 is 22.6 Å². The van der Waals surface area contributed by atoms with Crippen LogP contribution in [0, 0.1) is 13.8 Å². The van der Waals surface area contributed by atoms with Gasteiger partial charge in [-0.05, 0) is 81.3 Å². The normalized spacial score (nSPS) is 11.5. The van der Waals surface area contributed by atoms with E-state index in [9.17, 15) is 4.79 Å². The molecule has 0 spiro atoms. The lowest BCUT2D eigenvalue weighted by Crippen LogP contribution is -2.42. The van der Waals surface area contributed by atoms with Gasteiger partial charge in [-0.3, -0.25) is 4.79 Å². The van der Waals surface area contributed by atoms with E-state index in [1.165, 1.54) is 11.1 Å². The van der Waals surface area contributed by atoms with Crippen molar-refractivity contribution in [3.05, 3.63) is 77.9 Å². The van der Waals surface area contributed by atoms with Crippen molar-refractivity contribution in [2.45, 2.75) is 33.3 Å². The number of benzene rings is 3. The number of para-hydroxylation sites is 1. The van der Waals surface area contributed by atoms with E-state index in [-0.39, 0.29) is 5.91 Å². The SMILES string of the molecule is Cc1ccc(-n2nc3ccc(NC(=O)C(C)(C)Oc4ccccc4)cc3n2)cc1C. The van der Waals surface area contributed by atoms with Gasteiger partial charge in [-0.2, -0.15) is 4.80 Å². The van der Waals surface area contributed by atoms with E-state index < -0.39 is 5.60 Å². The van der Waals surface area contributed by atoms with E-state index in [0.717, 1.165) is 11.2 Å². The summed E-state index contributed by atoms with van der Waals surface area (Å²) in [5, 5.41) is 12.0. The molecule has 0 aliphatic heterocycles. The fourth-order valence-electron chi connectivity index (χ4n) is 3.07. The van der Waals surface area contributed by atoms with Crippen LogP contribution in [0.5, 0.6) is 5.75 Å². The Morgan fingerprint density at radius 1 is 0.900 bits per heavy atom. The number of carbonyl (C=O) groups is 1. The average Bonchev–Trinajstić information content (AvgIpc) is 3.14. The molecule has 0 bridgehead atoms. The second-order valence-corrected chi connectivity index (χ2v) is 7.84. The summed E-state index contributed by atoms with van der Waals surface area (Å²) < 4.78 is 5.86. The third-order valence-electron chi connectivity index (χ3n) is 5.02. The molecule has 4 aromatic rings. The summed E-state index contributed by atoms with van der Waals surface area (Å²) in [6, 6.07) is 20.9. The van der Waals surface area contributed by atoms with Crippen LogP contribution in [0.25, 0.3) is 16.7 Å². The summed E-state index contributed by atoms with van der Waals surface area (Å²) in [4.78, 5) is 14.4. The Morgan fingerprint density at radius 2 is 1.63 bits per heavy atom. The highest BCUT2D eigenvalue weighted by Crippen LogP contribution is 2.22. The van der Waals surface area contributed by atoms with E-state index in [1.807, 2.05) is 54.6 Å². The van der Waals surface area contributed by atoms with Gasteiger partial charge in [0.25, 0.3) is 5.91 Å². The first-order valence-electron chi connectivity index (χ1n) is 9.82. The second-order valence-electron chi connectivity index (χ2n) is 7.84. The molecule has 0 atom stereocenters. The van der Waals surface area contributed by atoms with Gasteiger partial charge in [-0.1, -0.05) is 24.3 Å². The Hall–Kier alpha value is -3.67. The van der Waals surface area contributed by atoms with Gasteiger partial charge in [0.05, 0.1) is 5.69 Å². The molecule has 6 heteroatoms. The van der Waals surface area contributed by atoms with Gasteiger partial charge in [-0.15, -0.1) is 10.2 Å². The molecule has 6 nitrogen and oxygen atoms in total. The van der Waals surface area contributed by atoms with Gasteiger partial charge >= 0.3 is 0 Å². The summed E-state index contributed by atoms with van der Waals surface area (Å²) in [5.74, 6) is 0.400. The van der Waals surface area contributed by atoms with Crippen LogP contribution in [0.15, 0.2) is 66.7 Å². The molecule has 0 fully saturated rings. The van der Waals surface area contributed by atoms with Crippen molar-refractivity contribution in [1.29, 1.82) is 0 Å². The summed E-state index contributed by atoms with van der Waals surface area (Å²) >= 11 is 0. The average molecular weight is 400 g/mol. The Morgan fingerprint density at radius 3 is 2.37 bits per heavy atom. The maximum atomic E-state index is 12.8. The van der Waals surface area contributed by atoms with Crippen molar-refractivity contribution in [3.8, 4) is 11.4 Å². The Kier molecular flexibility index (Phi) is 4.99. The monoisotopic (exact) mass is 400 g/mol. The van der Waals surface area contributed by atoms with Crippen LogP contribution in [-0.2, 0) is 4.79 Å². The van der Waals surface area contributed by atoms with Crippen LogP contribution < -0.4 is 10.1 Å². The number of hydrogen-bond donors (Lipinski definition) is 1. The molecule has 4 rings (SSSR count). The number of amides is 1. The minimum atomic E-state index is -1.03. The number of aromatic nitrogens is 3. The Labute approximate surface area is 175 Å². The number of nitrogens with one attached hydrogen (secondary N) is 1. The lowest BCUT2D eigenvalue weighted by atomic mass is 10.1. The minimum absolute atomic E-state index is 0.243. The van der Waals surface area contributed by atoms with Crippen LogP contribution in [0.1, 0.15) is 25.0 Å². The van der Waals surface area contributed by atoms with Gasteiger partial charge in [0.1, 0.15) is 16.8 Å². The van der Waals surface area contributed by atoms with Crippen molar-refractivity contribution in [2.24, 2.45) is 0 Å². The van der Waals surface area contributed by atoms with Crippen LogP contribution in [0.3, 0.4) is 0 Å². The zero-order valence-electron chi connectivity index (χ0n) is 17.5. The molecule has 1 amide bonds. The highest BCUT2D eigenvalue weighted by molar-refractivity contribution is 5.98. The third-order valence-corrected chi connectivity index (χ3v) is 5.02.